The average Bonchev–Trinajstić information content (AvgIpc) is 3.21. The van der Waals surface area contributed by atoms with Crippen molar-refractivity contribution < 1.29 is 14.3 Å². The van der Waals surface area contributed by atoms with Gasteiger partial charge in [-0.3, -0.25) is 0 Å². The van der Waals surface area contributed by atoms with Gasteiger partial charge >= 0.3 is 6.16 Å². The van der Waals surface area contributed by atoms with E-state index in [1.165, 1.54) is 64.2 Å². The van der Waals surface area contributed by atoms with Gasteiger partial charge in [-0.25, -0.2) is 4.79 Å². The van der Waals surface area contributed by atoms with Crippen molar-refractivity contribution in [2.75, 3.05) is 6.61 Å². The van der Waals surface area contributed by atoms with Crippen LogP contribution in [0.25, 0.3) is 0 Å². The maximum atomic E-state index is 12.3. The molecule has 0 heterocycles. The van der Waals surface area contributed by atoms with E-state index in [-0.39, 0.29) is 6.10 Å². The fourth-order valence-electron chi connectivity index (χ4n) is 9.61. The van der Waals surface area contributed by atoms with Crippen LogP contribution in [0.2, 0.25) is 0 Å². The molecule has 37 heavy (non-hydrogen) atoms. The maximum absolute atomic E-state index is 12.3. The number of carbonyl (C=O) groups excluding carboxylic acids is 1. The first-order valence-electron chi connectivity index (χ1n) is 16.2. The Bertz CT molecular complexity index is 786. The van der Waals surface area contributed by atoms with Crippen LogP contribution in [0.4, 0.5) is 4.79 Å². The summed E-state index contributed by atoms with van der Waals surface area (Å²) >= 11 is 0. The fraction of sp³-hybridized carbons (Fsp3) is 0.912. The van der Waals surface area contributed by atoms with Crippen LogP contribution in [0, 0.1) is 46.3 Å². The summed E-state index contributed by atoms with van der Waals surface area (Å²) in [6.45, 7) is 15.2. The molecule has 8 atom stereocenters. The number of fused-ring (bicyclic) bond motifs is 5. The molecule has 0 aromatic carbocycles. The van der Waals surface area contributed by atoms with Crippen LogP contribution < -0.4 is 0 Å². The van der Waals surface area contributed by atoms with Gasteiger partial charge in [0.2, 0.25) is 0 Å². The summed E-state index contributed by atoms with van der Waals surface area (Å²) < 4.78 is 11.2. The monoisotopic (exact) mass is 514 g/mol. The number of hydrogen-bond acceptors (Lipinski definition) is 3. The number of ether oxygens (including phenoxy) is 2. The minimum Gasteiger partial charge on any atom is -0.434 e. The van der Waals surface area contributed by atoms with Gasteiger partial charge in [-0.1, -0.05) is 91.7 Å². The van der Waals surface area contributed by atoms with Crippen LogP contribution in [0.15, 0.2) is 11.6 Å². The zero-order valence-electron chi connectivity index (χ0n) is 25.2. The molecule has 3 nitrogen and oxygen atoms in total. The molecule has 0 aromatic rings. The summed E-state index contributed by atoms with van der Waals surface area (Å²) in [4.78, 5) is 12.3. The molecule has 0 bridgehead atoms. The van der Waals surface area contributed by atoms with Gasteiger partial charge in [0, 0.05) is 6.42 Å². The summed E-state index contributed by atoms with van der Waals surface area (Å²) in [6.07, 6.45) is 20.8. The van der Waals surface area contributed by atoms with Crippen LogP contribution in [-0.2, 0) is 9.47 Å². The van der Waals surface area contributed by atoms with Crippen LogP contribution >= 0.6 is 0 Å². The zero-order valence-corrected chi connectivity index (χ0v) is 25.2. The SMILES string of the molecule is CCCCCCOC(=O)O[C@H]1CC[C@@]2(C)C(=CC[C@@H]3[C@H]4CC[C@H]([C@H](C)CCCC(C)C)[C@@]4(C)CC[C@@H]32)C1. The second kappa shape index (κ2) is 12.5. The van der Waals surface area contributed by atoms with Crippen molar-refractivity contribution in [3.05, 3.63) is 11.6 Å². The third-order valence-corrected chi connectivity index (χ3v) is 11.7. The van der Waals surface area contributed by atoms with Gasteiger partial charge in [0.25, 0.3) is 0 Å². The quantitative estimate of drug-likeness (QED) is 0.156. The lowest BCUT2D eigenvalue weighted by molar-refractivity contribution is -0.0617. The Morgan fingerprint density at radius 3 is 2.54 bits per heavy atom. The number of rotatable bonds is 11. The highest BCUT2D eigenvalue weighted by Crippen LogP contribution is 2.67. The van der Waals surface area contributed by atoms with Crippen LogP contribution in [-0.4, -0.2) is 18.9 Å². The summed E-state index contributed by atoms with van der Waals surface area (Å²) in [5.74, 6) is 5.18. The molecule has 0 unspecified atom stereocenters. The Kier molecular flexibility index (Phi) is 9.77. The zero-order chi connectivity index (χ0) is 26.6. The van der Waals surface area contributed by atoms with Gasteiger partial charge in [0.1, 0.15) is 6.10 Å². The van der Waals surface area contributed by atoms with Crippen LogP contribution in [0.3, 0.4) is 0 Å². The molecule has 4 rings (SSSR count). The Morgan fingerprint density at radius 2 is 1.78 bits per heavy atom. The highest BCUT2D eigenvalue weighted by Gasteiger charge is 2.59. The molecule has 4 aliphatic carbocycles. The number of allylic oxidation sites excluding steroid dienone is 1. The lowest BCUT2D eigenvalue weighted by Crippen LogP contribution is -2.51. The molecule has 4 aliphatic rings. The largest absolute Gasteiger partial charge is 0.508 e. The first kappa shape index (κ1) is 29.0. The number of hydrogen-bond donors (Lipinski definition) is 0. The van der Waals surface area contributed by atoms with E-state index in [0.29, 0.717) is 17.4 Å². The van der Waals surface area contributed by atoms with E-state index in [2.05, 4.69) is 47.6 Å². The molecular weight excluding hydrogens is 456 g/mol. The Labute approximate surface area is 228 Å². The minimum absolute atomic E-state index is 0.00424. The Hall–Kier alpha value is -0.990. The predicted molar refractivity (Wildman–Crippen MR) is 153 cm³/mol. The van der Waals surface area contributed by atoms with Crippen LogP contribution in [0.5, 0.6) is 0 Å². The van der Waals surface area contributed by atoms with E-state index in [4.69, 9.17) is 9.47 Å². The molecule has 0 saturated heterocycles. The molecule has 3 saturated carbocycles. The lowest BCUT2D eigenvalue weighted by Gasteiger charge is -2.58. The van der Waals surface area contributed by atoms with Crippen molar-refractivity contribution in [3.8, 4) is 0 Å². The predicted octanol–water partition coefficient (Wildman–Crippen LogP) is 10.1. The minimum atomic E-state index is -0.452. The summed E-state index contributed by atoms with van der Waals surface area (Å²) in [7, 11) is 0. The Balaban J connectivity index is 1.34. The third kappa shape index (κ3) is 6.27. The van der Waals surface area contributed by atoms with Crippen molar-refractivity contribution in [1.29, 1.82) is 0 Å². The van der Waals surface area contributed by atoms with E-state index in [1.54, 1.807) is 5.57 Å². The fourth-order valence-corrected chi connectivity index (χ4v) is 9.61. The van der Waals surface area contributed by atoms with E-state index in [1.807, 2.05) is 0 Å². The van der Waals surface area contributed by atoms with Crippen molar-refractivity contribution in [2.45, 2.75) is 144 Å². The van der Waals surface area contributed by atoms with Crippen molar-refractivity contribution in [3.63, 3.8) is 0 Å². The van der Waals surface area contributed by atoms with Crippen LogP contribution in [0.1, 0.15) is 138 Å². The van der Waals surface area contributed by atoms with E-state index < -0.39 is 6.16 Å². The molecule has 0 spiro atoms. The second-order valence-electron chi connectivity index (χ2n) is 14.4. The van der Waals surface area contributed by atoms with Gasteiger partial charge in [-0.15, -0.1) is 0 Å². The summed E-state index contributed by atoms with van der Waals surface area (Å²) in [6, 6.07) is 0. The van der Waals surface area contributed by atoms with Gasteiger partial charge in [0.05, 0.1) is 6.61 Å². The lowest BCUT2D eigenvalue weighted by atomic mass is 9.47. The van der Waals surface area contributed by atoms with E-state index in [9.17, 15) is 4.79 Å². The molecule has 3 fully saturated rings. The van der Waals surface area contributed by atoms with Gasteiger partial charge < -0.3 is 9.47 Å². The average molecular weight is 515 g/mol. The normalized spacial score (nSPS) is 37.8. The maximum Gasteiger partial charge on any atom is 0.508 e. The highest BCUT2D eigenvalue weighted by atomic mass is 16.7. The van der Waals surface area contributed by atoms with Crippen molar-refractivity contribution >= 4 is 6.16 Å². The molecule has 0 aromatic heterocycles. The second-order valence-corrected chi connectivity index (χ2v) is 14.4. The molecule has 212 valence electrons. The smallest absolute Gasteiger partial charge is 0.434 e. The standard InChI is InChI=1S/C34H58O3/c1-7-8-9-10-22-36-32(35)37-27-18-20-33(5)26(23-27)14-15-28-30-17-16-29(25(4)13-11-12-24(2)3)34(30,6)21-19-31(28)33/h14,24-25,27-31H,7-13,15-23H2,1-6H3/t25-,27+,28-,29-,30-,31+,33+,34-/m1/s1. The molecule has 0 radical (unpaired) electrons. The first-order valence-corrected chi connectivity index (χ1v) is 16.2. The van der Waals surface area contributed by atoms with E-state index in [0.717, 1.165) is 67.6 Å². The van der Waals surface area contributed by atoms with E-state index >= 15 is 0 Å². The van der Waals surface area contributed by atoms with Gasteiger partial charge in [-0.05, 0) is 97.7 Å². The first-order chi connectivity index (χ1) is 17.7. The van der Waals surface area contributed by atoms with Gasteiger partial charge in [-0.2, -0.15) is 0 Å². The third-order valence-electron chi connectivity index (χ3n) is 11.7. The topological polar surface area (TPSA) is 35.5 Å². The van der Waals surface area contributed by atoms with Gasteiger partial charge in [0.15, 0.2) is 0 Å². The number of unbranched alkanes of at least 4 members (excludes halogenated alkanes) is 3. The number of carbonyl (C=O) groups is 1. The molecular formula is C34H58O3. The van der Waals surface area contributed by atoms with Crippen molar-refractivity contribution in [2.24, 2.45) is 46.3 Å². The summed E-state index contributed by atoms with van der Waals surface area (Å²) in [5, 5.41) is 0. The highest BCUT2D eigenvalue weighted by molar-refractivity contribution is 5.60. The Morgan fingerprint density at radius 1 is 0.973 bits per heavy atom. The molecule has 0 amide bonds. The molecule has 3 heteroatoms. The summed E-state index contributed by atoms with van der Waals surface area (Å²) in [5.41, 5.74) is 2.43. The van der Waals surface area contributed by atoms with Crippen molar-refractivity contribution in [1.82, 2.24) is 0 Å². The molecule has 0 N–H and O–H groups in total. The molecule has 0 aliphatic heterocycles.